The number of nitro benzene ring substituents is 1. The molecule has 1 rings (SSSR count). The van der Waals surface area contributed by atoms with Crippen molar-refractivity contribution in [2.75, 3.05) is 13.7 Å². The minimum atomic E-state index is -0.383. The van der Waals surface area contributed by atoms with Gasteiger partial charge >= 0.3 is 0 Å². The summed E-state index contributed by atoms with van der Waals surface area (Å²) in [6.45, 7) is 3.36. The standard InChI is InChI=1S/C13H19BrN2O3/c1-3-4-11(9-19-2)15-8-10-5-6-12(14)13(7-10)16(17)18/h5-7,11,15H,3-4,8-9H2,1-2H3. The summed E-state index contributed by atoms with van der Waals surface area (Å²) in [4.78, 5) is 10.5. The maximum Gasteiger partial charge on any atom is 0.283 e. The molecule has 0 heterocycles. The molecular weight excluding hydrogens is 312 g/mol. The summed E-state index contributed by atoms with van der Waals surface area (Å²) < 4.78 is 5.65. The Hall–Kier alpha value is -0.980. The summed E-state index contributed by atoms with van der Waals surface area (Å²) in [6, 6.07) is 5.45. The van der Waals surface area contributed by atoms with Crippen LogP contribution in [0.5, 0.6) is 0 Å². The topological polar surface area (TPSA) is 64.4 Å². The van der Waals surface area contributed by atoms with E-state index in [0.29, 0.717) is 17.6 Å². The zero-order chi connectivity index (χ0) is 14.3. The van der Waals surface area contributed by atoms with Crippen molar-refractivity contribution in [1.82, 2.24) is 5.32 Å². The number of benzene rings is 1. The lowest BCUT2D eigenvalue weighted by atomic mass is 10.1. The predicted octanol–water partition coefficient (Wildman–Crippen LogP) is 3.26. The fourth-order valence-electron chi connectivity index (χ4n) is 1.86. The molecule has 0 saturated heterocycles. The van der Waals surface area contributed by atoms with E-state index in [1.807, 2.05) is 6.07 Å². The van der Waals surface area contributed by atoms with Crippen LogP contribution in [0.3, 0.4) is 0 Å². The van der Waals surface area contributed by atoms with Crippen molar-refractivity contribution >= 4 is 21.6 Å². The number of rotatable bonds is 8. The van der Waals surface area contributed by atoms with Crippen molar-refractivity contribution in [1.29, 1.82) is 0 Å². The number of nitrogens with zero attached hydrogens (tertiary/aromatic N) is 1. The minimum absolute atomic E-state index is 0.0954. The monoisotopic (exact) mass is 330 g/mol. The third kappa shape index (κ3) is 5.26. The van der Waals surface area contributed by atoms with Crippen LogP contribution < -0.4 is 5.32 Å². The highest BCUT2D eigenvalue weighted by molar-refractivity contribution is 9.10. The van der Waals surface area contributed by atoms with Gasteiger partial charge in [0.1, 0.15) is 0 Å². The Morgan fingerprint density at radius 1 is 1.53 bits per heavy atom. The van der Waals surface area contributed by atoms with Crippen molar-refractivity contribution in [2.24, 2.45) is 0 Å². The maximum atomic E-state index is 10.9. The van der Waals surface area contributed by atoms with E-state index < -0.39 is 0 Å². The molecule has 0 aliphatic carbocycles. The molecule has 1 aromatic carbocycles. The maximum absolute atomic E-state index is 10.9. The Morgan fingerprint density at radius 2 is 2.26 bits per heavy atom. The van der Waals surface area contributed by atoms with Gasteiger partial charge in [0.2, 0.25) is 0 Å². The zero-order valence-corrected chi connectivity index (χ0v) is 12.8. The lowest BCUT2D eigenvalue weighted by molar-refractivity contribution is -0.385. The first-order valence-corrected chi connectivity index (χ1v) is 7.03. The molecule has 1 aromatic rings. The molecule has 0 radical (unpaired) electrons. The number of methoxy groups -OCH3 is 1. The van der Waals surface area contributed by atoms with E-state index in [-0.39, 0.29) is 16.7 Å². The summed E-state index contributed by atoms with van der Waals surface area (Å²) in [7, 11) is 1.68. The van der Waals surface area contributed by atoms with Gasteiger partial charge in [-0.1, -0.05) is 19.4 Å². The first-order chi connectivity index (χ1) is 9.08. The average Bonchev–Trinajstić information content (AvgIpc) is 2.37. The second-order valence-corrected chi connectivity index (χ2v) is 5.22. The molecule has 6 heteroatoms. The summed E-state index contributed by atoms with van der Waals surface area (Å²) in [6.07, 6.45) is 2.09. The Bertz CT molecular complexity index is 420. The molecular formula is C13H19BrN2O3. The summed E-state index contributed by atoms with van der Waals surface area (Å²) >= 11 is 3.18. The van der Waals surface area contributed by atoms with Gasteiger partial charge in [0, 0.05) is 25.8 Å². The number of nitro groups is 1. The molecule has 1 atom stereocenters. The lowest BCUT2D eigenvalue weighted by Crippen LogP contribution is -2.32. The SMILES string of the molecule is CCCC(COC)NCc1ccc(Br)c([N+](=O)[O-])c1. The van der Waals surface area contributed by atoms with E-state index >= 15 is 0 Å². The van der Waals surface area contributed by atoms with Crippen LogP contribution in [0, 0.1) is 10.1 Å². The Balaban J connectivity index is 2.66. The van der Waals surface area contributed by atoms with E-state index in [2.05, 4.69) is 28.2 Å². The molecule has 0 spiro atoms. The summed E-state index contributed by atoms with van der Waals surface area (Å²) in [5.74, 6) is 0. The van der Waals surface area contributed by atoms with Gasteiger partial charge < -0.3 is 10.1 Å². The van der Waals surface area contributed by atoms with Crippen LogP contribution in [-0.2, 0) is 11.3 Å². The number of hydrogen-bond donors (Lipinski definition) is 1. The largest absolute Gasteiger partial charge is 0.383 e. The highest BCUT2D eigenvalue weighted by Gasteiger charge is 2.13. The molecule has 19 heavy (non-hydrogen) atoms. The zero-order valence-electron chi connectivity index (χ0n) is 11.2. The number of hydrogen-bond acceptors (Lipinski definition) is 4. The van der Waals surface area contributed by atoms with Gasteiger partial charge in [-0.25, -0.2) is 0 Å². The van der Waals surface area contributed by atoms with E-state index in [4.69, 9.17) is 4.74 Å². The first kappa shape index (κ1) is 16.1. The van der Waals surface area contributed by atoms with Gasteiger partial charge in [-0.2, -0.15) is 0 Å². The van der Waals surface area contributed by atoms with Crippen molar-refractivity contribution in [3.63, 3.8) is 0 Å². The molecule has 106 valence electrons. The smallest absolute Gasteiger partial charge is 0.283 e. The fraction of sp³-hybridized carbons (Fsp3) is 0.538. The minimum Gasteiger partial charge on any atom is -0.383 e. The molecule has 0 aliphatic rings. The van der Waals surface area contributed by atoms with Crippen molar-refractivity contribution < 1.29 is 9.66 Å². The van der Waals surface area contributed by atoms with Crippen molar-refractivity contribution in [3.8, 4) is 0 Å². The van der Waals surface area contributed by atoms with Crippen molar-refractivity contribution in [3.05, 3.63) is 38.3 Å². The van der Waals surface area contributed by atoms with Crippen LogP contribution in [0.1, 0.15) is 25.3 Å². The molecule has 0 aliphatic heterocycles. The highest BCUT2D eigenvalue weighted by atomic mass is 79.9. The van der Waals surface area contributed by atoms with Crippen LogP contribution in [0.4, 0.5) is 5.69 Å². The molecule has 1 N–H and O–H groups in total. The molecule has 0 bridgehead atoms. The van der Waals surface area contributed by atoms with Gasteiger partial charge in [-0.15, -0.1) is 0 Å². The van der Waals surface area contributed by atoms with Crippen LogP contribution in [0.15, 0.2) is 22.7 Å². The second kappa shape index (κ2) is 8.24. The summed E-state index contributed by atoms with van der Waals surface area (Å²) in [5, 5.41) is 14.2. The van der Waals surface area contributed by atoms with Crippen molar-refractivity contribution in [2.45, 2.75) is 32.4 Å². The Kier molecular flexibility index (Phi) is 6.97. The van der Waals surface area contributed by atoms with E-state index in [0.717, 1.165) is 18.4 Å². The normalized spacial score (nSPS) is 12.4. The molecule has 0 fully saturated rings. The Morgan fingerprint density at radius 3 is 2.84 bits per heavy atom. The molecule has 5 nitrogen and oxygen atoms in total. The fourth-order valence-corrected chi connectivity index (χ4v) is 2.26. The van der Waals surface area contributed by atoms with Gasteiger partial charge in [0.05, 0.1) is 16.0 Å². The lowest BCUT2D eigenvalue weighted by Gasteiger charge is -2.17. The Labute approximate surface area is 121 Å². The number of halogens is 1. The van der Waals surface area contributed by atoms with Gasteiger partial charge in [0.15, 0.2) is 0 Å². The molecule has 1 unspecified atom stereocenters. The second-order valence-electron chi connectivity index (χ2n) is 4.36. The quantitative estimate of drug-likeness (QED) is 0.587. The van der Waals surface area contributed by atoms with Crippen LogP contribution >= 0.6 is 15.9 Å². The van der Waals surface area contributed by atoms with E-state index in [9.17, 15) is 10.1 Å². The number of ether oxygens (including phenoxy) is 1. The third-order valence-electron chi connectivity index (χ3n) is 2.81. The van der Waals surface area contributed by atoms with Crippen LogP contribution in [0.25, 0.3) is 0 Å². The molecule has 0 aromatic heterocycles. The first-order valence-electron chi connectivity index (χ1n) is 6.23. The van der Waals surface area contributed by atoms with Gasteiger partial charge in [-0.3, -0.25) is 10.1 Å². The van der Waals surface area contributed by atoms with Gasteiger partial charge in [0.25, 0.3) is 5.69 Å². The molecule has 0 saturated carbocycles. The van der Waals surface area contributed by atoms with Gasteiger partial charge in [-0.05, 0) is 34.0 Å². The van der Waals surface area contributed by atoms with Crippen LogP contribution in [0.2, 0.25) is 0 Å². The van der Waals surface area contributed by atoms with E-state index in [1.54, 1.807) is 19.2 Å². The highest BCUT2D eigenvalue weighted by Crippen LogP contribution is 2.25. The predicted molar refractivity (Wildman–Crippen MR) is 78.2 cm³/mol. The van der Waals surface area contributed by atoms with E-state index in [1.165, 1.54) is 0 Å². The number of nitrogens with one attached hydrogen (secondary N) is 1. The third-order valence-corrected chi connectivity index (χ3v) is 3.48. The average molecular weight is 331 g/mol. The van der Waals surface area contributed by atoms with Crippen LogP contribution in [-0.4, -0.2) is 24.7 Å². The molecule has 0 amide bonds. The summed E-state index contributed by atoms with van der Waals surface area (Å²) in [5.41, 5.74) is 0.991.